The summed E-state index contributed by atoms with van der Waals surface area (Å²) >= 11 is 0. The number of nitrogens with two attached hydrogens (primary N) is 1. The molecule has 0 saturated carbocycles. The molecule has 1 fully saturated rings. The third-order valence-corrected chi connectivity index (χ3v) is 4.33. The summed E-state index contributed by atoms with van der Waals surface area (Å²) in [5, 5.41) is 3.00. The number of amides is 1. The number of nitrogens with one attached hydrogen (secondary N) is 1. The van der Waals surface area contributed by atoms with Gasteiger partial charge in [-0.25, -0.2) is 0 Å². The van der Waals surface area contributed by atoms with Crippen LogP contribution in [-0.4, -0.2) is 38.4 Å². The van der Waals surface area contributed by atoms with Gasteiger partial charge in [-0.15, -0.1) is 0 Å². The van der Waals surface area contributed by atoms with Gasteiger partial charge < -0.3 is 25.3 Å². The smallest absolute Gasteiger partial charge is 0.240 e. The Labute approximate surface area is 143 Å². The molecular weight excluding hydrogens is 308 g/mol. The van der Waals surface area contributed by atoms with Gasteiger partial charge in [-0.05, 0) is 43.9 Å². The highest BCUT2D eigenvalue weighted by Gasteiger charge is 2.36. The van der Waals surface area contributed by atoms with Crippen LogP contribution < -0.4 is 20.5 Å². The predicted octanol–water partition coefficient (Wildman–Crippen LogP) is 2.17. The highest BCUT2D eigenvalue weighted by Crippen LogP contribution is 2.30. The van der Waals surface area contributed by atoms with Crippen molar-refractivity contribution in [2.24, 2.45) is 5.73 Å². The van der Waals surface area contributed by atoms with Gasteiger partial charge >= 0.3 is 0 Å². The molecule has 134 valence electrons. The van der Waals surface area contributed by atoms with Gasteiger partial charge in [-0.1, -0.05) is 13.0 Å². The summed E-state index contributed by atoms with van der Waals surface area (Å²) in [4.78, 5) is 12.5. The summed E-state index contributed by atoms with van der Waals surface area (Å²) in [6, 6.07) is 5.53. The van der Waals surface area contributed by atoms with Crippen molar-refractivity contribution in [2.45, 2.75) is 44.7 Å². The fraction of sp³-hybridized carbons (Fsp3) is 0.611. The van der Waals surface area contributed by atoms with Crippen LogP contribution in [0, 0.1) is 0 Å². The van der Waals surface area contributed by atoms with Crippen molar-refractivity contribution < 1.29 is 19.0 Å². The first kappa shape index (κ1) is 18.5. The van der Waals surface area contributed by atoms with E-state index in [1.54, 1.807) is 7.11 Å². The second-order valence-corrected chi connectivity index (χ2v) is 6.22. The van der Waals surface area contributed by atoms with Crippen molar-refractivity contribution in [3.63, 3.8) is 0 Å². The average Bonchev–Trinajstić information content (AvgIpc) is 2.60. The van der Waals surface area contributed by atoms with Crippen LogP contribution in [0.2, 0.25) is 0 Å². The number of hydrogen-bond donors (Lipinski definition) is 2. The zero-order valence-electron chi connectivity index (χ0n) is 14.8. The maximum atomic E-state index is 12.5. The van der Waals surface area contributed by atoms with Crippen LogP contribution in [0.25, 0.3) is 0 Å². The molecule has 1 atom stereocenters. The number of rotatable bonds is 7. The molecule has 1 amide bonds. The van der Waals surface area contributed by atoms with Crippen LogP contribution in [0.1, 0.15) is 44.7 Å². The van der Waals surface area contributed by atoms with E-state index in [2.05, 4.69) is 12.2 Å². The Bertz CT molecular complexity index is 556. The van der Waals surface area contributed by atoms with Crippen LogP contribution in [0.15, 0.2) is 18.2 Å². The summed E-state index contributed by atoms with van der Waals surface area (Å²) in [6.45, 7) is 5.67. The zero-order chi connectivity index (χ0) is 17.6. The molecule has 0 spiro atoms. The standard InChI is InChI=1S/C18H28N2O4/c1-4-9-24-15-6-5-14(12-16(15)22-3)13(2)20-17(21)18(19)7-10-23-11-8-18/h5-6,12-13H,4,7-11,19H2,1-3H3,(H,20,21). The van der Waals surface area contributed by atoms with Gasteiger partial charge in [0.05, 0.1) is 25.3 Å². The van der Waals surface area contributed by atoms with Gasteiger partial charge in [-0.3, -0.25) is 4.79 Å². The minimum atomic E-state index is -0.846. The molecule has 24 heavy (non-hydrogen) atoms. The molecule has 1 aliphatic rings. The fourth-order valence-corrected chi connectivity index (χ4v) is 2.67. The Morgan fingerprint density at radius 1 is 1.38 bits per heavy atom. The molecule has 1 unspecified atom stereocenters. The van der Waals surface area contributed by atoms with E-state index in [4.69, 9.17) is 19.9 Å². The van der Waals surface area contributed by atoms with E-state index >= 15 is 0 Å². The third-order valence-electron chi connectivity index (χ3n) is 4.33. The summed E-state index contributed by atoms with van der Waals surface area (Å²) in [5.41, 5.74) is 6.32. The molecule has 1 aliphatic heterocycles. The maximum absolute atomic E-state index is 12.5. The minimum absolute atomic E-state index is 0.136. The van der Waals surface area contributed by atoms with Crippen molar-refractivity contribution in [1.82, 2.24) is 5.32 Å². The van der Waals surface area contributed by atoms with Gasteiger partial charge in [-0.2, -0.15) is 0 Å². The molecule has 1 aromatic carbocycles. The van der Waals surface area contributed by atoms with E-state index in [1.165, 1.54) is 0 Å². The maximum Gasteiger partial charge on any atom is 0.240 e. The van der Waals surface area contributed by atoms with Gasteiger partial charge in [0.2, 0.25) is 5.91 Å². The second kappa shape index (κ2) is 8.35. The lowest BCUT2D eigenvalue weighted by atomic mass is 9.90. The molecule has 0 aliphatic carbocycles. The normalized spacial score (nSPS) is 17.8. The van der Waals surface area contributed by atoms with E-state index in [0.29, 0.717) is 44.2 Å². The Hall–Kier alpha value is -1.79. The molecule has 2 rings (SSSR count). The van der Waals surface area contributed by atoms with Crippen molar-refractivity contribution in [1.29, 1.82) is 0 Å². The number of benzene rings is 1. The average molecular weight is 336 g/mol. The van der Waals surface area contributed by atoms with Crippen LogP contribution in [0.4, 0.5) is 0 Å². The van der Waals surface area contributed by atoms with Crippen molar-refractivity contribution >= 4 is 5.91 Å². The molecule has 0 radical (unpaired) electrons. The topological polar surface area (TPSA) is 82.8 Å². The summed E-state index contributed by atoms with van der Waals surface area (Å²) in [7, 11) is 1.61. The molecule has 0 bridgehead atoms. The van der Waals surface area contributed by atoms with Gasteiger partial charge in [0.1, 0.15) is 0 Å². The van der Waals surface area contributed by atoms with E-state index in [1.807, 2.05) is 25.1 Å². The molecule has 6 heteroatoms. The minimum Gasteiger partial charge on any atom is -0.493 e. The number of hydrogen-bond acceptors (Lipinski definition) is 5. The van der Waals surface area contributed by atoms with Crippen LogP contribution in [0.5, 0.6) is 11.5 Å². The Kier molecular flexibility index (Phi) is 6.45. The Morgan fingerprint density at radius 2 is 2.08 bits per heavy atom. The first-order valence-corrected chi connectivity index (χ1v) is 8.48. The fourth-order valence-electron chi connectivity index (χ4n) is 2.67. The van der Waals surface area contributed by atoms with Crippen molar-refractivity contribution in [2.75, 3.05) is 26.9 Å². The number of carbonyl (C=O) groups is 1. The lowest BCUT2D eigenvalue weighted by Gasteiger charge is -2.33. The molecule has 1 saturated heterocycles. The van der Waals surface area contributed by atoms with Gasteiger partial charge in [0.25, 0.3) is 0 Å². The van der Waals surface area contributed by atoms with E-state index < -0.39 is 5.54 Å². The molecule has 3 N–H and O–H groups in total. The van der Waals surface area contributed by atoms with Crippen molar-refractivity contribution in [3.8, 4) is 11.5 Å². The molecule has 6 nitrogen and oxygen atoms in total. The highest BCUT2D eigenvalue weighted by atomic mass is 16.5. The quantitative estimate of drug-likeness (QED) is 0.797. The predicted molar refractivity (Wildman–Crippen MR) is 92.3 cm³/mol. The first-order chi connectivity index (χ1) is 11.5. The molecular formula is C18H28N2O4. The Balaban J connectivity index is 2.06. The molecule has 1 heterocycles. The third kappa shape index (κ3) is 4.39. The Morgan fingerprint density at radius 3 is 2.71 bits per heavy atom. The zero-order valence-corrected chi connectivity index (χ0v) is 14.8. The van der Waals surface area contributed by atoms with E-state index in [-0.39, 0.29) is 11.9 Å². The first-order valence-electron chi connectivity index (χ1n) is 8.48. The number of methoxy groups -OCH3 is 1. The van der Waals surface area contributed by atoms with Crippen LogP contribution >= 0.6 is 0 Å². The van der Waals surface area contributed by atoms with Gasteiger partial charge in [0.15, 0.2) is 11.5 Å². The SMILES string of the molecule is CCCOc1ccc(C(C)NC(=O)C2(N)CCOCC2)cc1OC. The number of ether oxygens (including phenoxy) is 3. The van der Waals surface area contributed by atoms with Gasteiger partial charge in [0, 0.05) is 13.2 Å². The lowest BCUT2D eigenvalue weighted by molar-refractivity contribution is -0.130. The summed E-state index contributed by atoms with van der Waals surface area (Å²) < 4.78 is 16.3. The van der Waals surface area contributed by atoms with E-state index in [9.17, 15) is 4.79 Å². The summed E-state index contributed by atoms with van der Waals surface area (Å²) in [5.74, 6) is 1.24. The molecule has 0 aromatic heterocycles. The van der Waals surface area contributed by atoms with Crippen molar-refractivity contribution in [3.05, 3.63) is 23.8 Å². The lowest BCUT2D eigenvalue weighted by Crippen LogP contribution is -2.57. The van der Waals surface area contributed by atoms with E-state index in [0.717, 1.165) is 12.0 Å². The highest BCUT2D eigenvalue weighted by molar-refractivity contribution is 5.86. The second-order valence-electron chi connectivity index (χ2n) is 6.22. The van der Waals surface area contributed by atoms with Crippen LogP contribution in [0.3, 0.4) is 0 Å². The largest absolute Gasteiger partial charge is 0.493 e. The summed E-state index contributed by atoms with van der Waals surface area (Å²) in [6.07, 6.45) is 2.01. The molecule has 1 aromatic rings. The monoisotopic (exact) mass is 336 g/mol. The number of carbonyl (C=O) groups excluding carboxylic acids is 1. The van der Waals surface area contributed by atoms with Crippen LogP contribution in [-0.2, 0) is 9.53 Å².